The largest absolute Gasteiger partial charge is 0.280 e. The van der Waals surface area contributed by atoms with Crippen molar-refractivity contribution in [1.82, 2.24) is 10.0 Å². The predicted molar refractivity (Wildman–Crippen MR) is 53.1 cm³/mol. The summed E-state index contributed by atoms with van der Waals surface area (Å²) in [5.41, 5.74) is 0.358. The van der Waals surface area contributed by atoms with E-state index in [1.54, 1.807) is 0 Å². The lowest BCUT2D eigenvalue weighted by Crippen LogP contribution is -2.25. The second kappa shape index (κ2) is 4.73. The summed E-state index contributed by atoms with van der Waals surface area (Å²) in [6.07, 6.45) is 0. The Bertz CT molecular complexity index is 428. The average Bonchev–Trinajstić information content (AvgIpc) is 2.26. The SMILES string of the molecule is CON(C)C(=O)c1ccc(C#N)nc1Cl. The molecular formula is C9H8ClN3O2. The Balaban J connectivity index is 3.07. The summed E-state index contributed by atoms with van der Waals surface area (Å²) < 4.78 is 0. The van der Waals surface area contributed by atoms with Gasteiger partial charge in [0, 0.05) is 7.05 Å². The fourth-order valence-corrected chi connectivity index (χ4v) is 1.14. The Morgan fingerprint density at radius 2 is 2.33 bits per heavy atom. The summed E-state index contributed by atoms with van der Waals surface area (Å²) in [5.74, 6) is -0.417. The number of halogens is 1. The fourth-order valence-electron chi connectivity index (χ4n) is 0.909. The molecule has 0 aliphatic heterocycles. The monoisotopic (exact) mass is 225 g/mol. The molecular weight excluding hydrogens is 218 g/mol. The first-order valence-electron chi connectivity index (χ1n) is 3.99. The van der Waals surface area contributed by atoms with Crippen molar-refractivity contribution in [3.05, 3.63) is 28.5 Å². The van der Waals surface area contributed by atoms with Crippen molar-refractivity contribution in [1.29, 1.82) is 5.26 Å². The van der Waals surface area contributed by atoms with E-state index in [9.17, 15) is 4.79 Å². The number of nitriles is 1. The van der Waals surface area contributed by atoms with Crippen LogP contribution >= 0.6 is 11.6 Å². The summed E-state index contributed by atoms with van der Waals surface area (Å²) in [5, 5.41) is 9.57. The van der Waals surface area contributed by atoms with E-state index in [4.69, 9.17) is 21.7 Å². The predicted octanol–water partition coefficient (Wildman–Crippen LogP) is 1.24. The van der Waals surface area contributed by atoms with Crippen LogP contribution in [0.4, 0.5) is 0 Å². The van der Waals surface area contributed by atoms with Crippen molar-refractivity contribution in [2.45, 2.75) is 0 Å². The van der Waals surface area contributed by atoms with E-state index >= 15 is 0 Å². The third-order valence-corrected chi connectivity index (χ3v) is 2.04. The smallest absolute Gasteiger partial charge is 0.274 e. The minimum atomic E-state index is -0.417. The van der Waals surface area contributed by atoms with Gasteiger partial charge in [0.05, 0.1) is 12.7 Å². The summed E-state index contributed by atoms with van der Waals surface area (Å²) in [6, 6.07) is 4.68. The van der Waals surface area contributed by atoms with E-state index in [0.29, 0.717) is 0 Å². The Hall–Kier alpha value is -1.64. The van der Waals surface area contributed by atoms with Crippen molar-refractivity contribution < 1.29 is 9.63 Å². The molecule has 0 aliphatic rings. The normalized spacial score (nSPS) is 9.47. The number of hydrogen-bond acceptors (Lipinski definition) is 4. The van der Waals surface area contributed by atoms with Gasteiger partial charge in [-0.2, -0.15) is 5.26 Å². The molecule has 1 aromatic rings. The fraction of sp³-hybridized carbons (Fsp3) is 0.222. The van der Waals surface area contributed by atoms with Gasteiger partial charge in [0.1, 0.15) is 16.9 Å². The Morgan fingerprint density at radius 3 is 2.80 bits per heavy atom. The Morgan fingerprint density at radius 1 is 1.67 bits per heavy atom. The van der Waals surface area contributed by atoms with Crippen molar-refractivity contribution in [3.63, 3.8) is 0 Å². The second-order valence-electron chi connectivity index (χ2n) is 2.63. The van der Waals surface area contributed by atoms with Crippen LogP contribution in [0.5, 0.6) is 0 Å². The topological polar surface area (TPSA) is 66.2 Å². The Kier molecular flexibility index (Phi) is 3.61. The maximum atomic E-state index is 11.6. The molecule has 0 saturated heterocycles. The molecule has 0 fully saturated rings. The third-order valence-electron chi connectivity index (χ3n) is 1.75. The van der Waals surface area contributed by atoms with Gasteiger partial charge in [0.15, 0.2) is 0 Å². The molecule has 0 saturated carbocycles. The maximum absolute atomic E-state index is 11.6. The molecule has 1 heterocycles. The van der Waals surface area contributed by atoms with Crippen molar-refractivity contribution in [2.24, 2.45) is 0 Å². The number of amides is 1. The first kappa shape index (κ1) is 11.4. The van der Waals surface area contributed by atoms with Gasteiger partial charge < -0.3 is 0 Å². The van der Waals surface area contributed by atoms with Crippen LogP contribution in [-0.4, -0.2) is 30.1 Å². The molecule has 78 valence electrons. The highest BCUT2D eigenvalue weighted by atomic mass is 35.5. The first-order valence-corrected chi connectivity index (χ1v) is 4.36. The number of hydrogen-bond donors (Lipinski definition) is 0. The first-order chi connectivity index (χ1) is 7.10. The zero-order valence-corrected chi connectivity index (χ0v) is 8.95. The molecule has 1 aromatic heterocycles. The van der Waals surface area contributed by atoms with Crippen molar-refractivity contribution in [3.8, 4) is 6.07 Å². The van der Waals surface area contributed by atoms with E-state index in [-0.39, 0.29) is 16.4 Å². The van der Waals surface area contributed by atoms with E-state index in [1.165, 1.54) is 26.3 Å². The number of hydroxylamine groups is 2. The molecule has 0 aromatic carbocycles. The molecule has 1 rings (SSSR count). The van der Waals surface area contributed by atoms with Gasteiger partial charge in [-0.25, -0.2) is 10.0 Å². The van der Waals surface area contributed by atoms with Crippen molar-refractivity contribution in [2.75, 3.05) is 14.2 Å². The number of carbonyl (C=O) groups excluding carboxylic acids is 1. The number of aromatic nitrogens is 1. The van der Waals surface area contributed by atoms with Gasteiger partial charge in [0.2, 0.25) is 0 Å². The molecule has 0 N–H and O–H groups in total. The van der Waals surface area contributed by atoms with E-state index in [2.05, 4.69) is 4.98 Å². The van der Waals surface area contributed by atoms with E-state index in [0.717, 1.165) is 5.06 Å². The van der Waals surface area contributed by atoms with Gasteiger partial charge in [0.25, 0.3) is 5.91 Å². The standard InChI is InChI=1S/C9H8ClN3O2/c1-13(15-2)9(14)7-4-3-6(5-11)12-8(7)10/h3-4H,1-2H3. The summed E-state index contributed by atoms with van der Waals surface area (Å²) >= 11 is 5.74. The van der Waals surface area contributed by atoms with E-state index in [1.807, 2.05) is 6.07 Å². The van der Waals surface area contributed by atoms with Crippen LogP contribution in [0.25, 0.3) is 0 Å². The van der Waals surface area contributed by atoms with E-state index < -0.39 is 5.91 Å². The zero-order chi connectivity index (χ0) is 11.4. The Labute approximate surface area is 91.8 Å². The molecule has 5 nitrogen and oxygen atoms in total. The van der Waals surface area contributed by atoms with Gasteiger partial charge >= 0.3 is 0 Å². The van der Waals surface area contributed by atoms with Crippen LogP contribution in [0, 0.1) is 11.3 Å². The summed E-state index contributed by atoms with van der Waals surface area (Å²) in [7, 11) is 2.82. The van der Waals surface area contributed by atoms with Crippen LogP contribution in [0.1, 0.15) is 16.1 Å². The van der Waals surface area contributed by atoms with Crippen LogP contribution in [0.2, 0.25) is 5.15 Å². The lowest BCUT2D eigenvalue weighted by Gasteiger charge is -2.13. The highest BCUT2D eigenvalue weighted by molar-refractivity contribution is 6.32. The zero-order valence-electron chi connectivity index (χ0n) is 8.19. The van der Waals surface area contributed by atoms with Crippen molar-refractivity contribution >= 4 is 17.5 Å². The molecule has 0 radical (unpaired) electrons. The second-order valence-corrected chi connectivity index (χ2v) is 2.99. The molecule has 0 atom stereocenters. The van der Waals surface area contributed by atoms with Gasteiger partial charge in [-0.05, 0) is 12.1 Å². The molecule has 15 heavy (non-hydrogen) atoms. The summed E-state index contributed by atoms with van der Waals surface area (Å²) in [4.78, 5) is 20.0. The van der Waals surface area contributed by atoms with Crippen LogP contribution in [0.15, 0.2) is 12.1 Å². The quantitative estimate of drug-likeness (QED) is 0.561. The third kappa shape index (κ3) is 2.43. The minimum Gasteiger partial charge on any atom is -0.274 e. The molecule has 6 heteroatoms. The van der Waals surface area contributed by atoms with Crippen LogP contribution in [0.3, 0.4) is 0 Å². The number of carbonyl (C=O) groups is 1. The lowest BCUT2D eigenvalue weighted by atomic mass is 10.2. The highest BCUT2D eigenvalue weighted by Crippen LogP contribution is 2.15. The highest BCUT2D eigenvalue weighted by Gasteiger charge is 2.16. The number of rotatable bonds is 2. The molecule has 0 bridgehead atoms. The number of pyridine rings is 1. The minimum absolute atomic E-state index is 0.0112. The maximum Gasteiger partial charge on any atom is 0.280 e. The van der Waals surface area contributed by atoms with Gasteiger partial charge in [-0.1, -0.05) is 11.6 Å². The molecule has 0 unspecified atom stereocenters. The lowest BCUT2D eigenvalue weighted by molar-refractivity contribution is -0.0757. The summed E-state index contributed by atoms with van der Waals surface area (Å²) in [6.45, 7) is 0. The molecule has 1 amide bonds. The van der Waals surface area contributed by atoms with Crippen LogP contribution < -0.4 is 0 Å². The average molecular weight is 226 g/mol. The van der Waals surface area contributed by atoms with Crippen LogP contribution in [-0.2, 0) is 4.84 Å². The molecule has 0 aliphatic carbocycles. The van der Waals surface area contributed by atoms with Gasteiger partial charge in [-0.15, -0.1) is 0 Å². The number of nitrogens with zero attached hydrogens (tertiary/aromatic N) is 3. The molecule has 0 spiro atoms. The van der Waals surface area contributed by atoms with Gasteiger partial charge in [-0.3, -0.25) is 9.63 Å².